The summed E-state index contributed by atoms with van der Waals surface area (Å²) in [5.74, 6) is -0.156. The molecular formula is C15H11ClN3O3+. The van der Waals surface area contributed by atoms with E-state index in [9.17, 15) is 14.9 Å². The van der Waals surface area contributed by atoms with Gasteiger partial charge in [0.25, 0.3) is 0 Å². The Hall–Kier alpha value is -2.86. The average Bonchev–Trinajstić information content (AvgIpc) is 2.54. The van der Waals surface area contributed by atoms with Crippen LogP contribution in [-0.2, 0) is 0 Å². The van der Waals surface area contributed by atoms with Crippen molar-refractivity contribution in [3.63, 3.8) is 0 Å². The summed E-state index contributed by atoms with van der Waals surface area (Å²) in [6.07, 6.45) is 0.632. The third-order valence-corrected chi connectivity index (χ3v) is 3.63. The molecule has 0 aliphatic carbocycles. The zero-order valence-electron chi connectivity index (χ0n) is 11.2. The Morgan fingerprint density at radius 3 is 2.50 bits per heavy atom. The fourth-order valence-electron chi connectivity index (χ4n) is 2.29. The van der Waals surface area contributed by atoms with E-state index in [-0.39, 0.29) is 22.5 Å². The van der Waals surface area contributed by atoms with E-state index < -0.39 is 0 Å². The summed E-state index contributed by atoms with van der Waals surface area (Å²) >= 11 is 5.84. The number of nitrogens with two attached hydrogens (primary N) is 1. The highest BCUT2D eigenvalue weighted by Crippen LogP contribution is 2.27. The maximum atomic E-state index is 12.3. The third-order valence-electron chi connectivity index (χ3n) is 3.37. The molecule has 0 saturated heterocycles. The first-order chi connectivity index (χ1) is 10.5. The van der Waals surface area contributed by atoms with Gasteiger partial charge in [-0.3, -0.25) is 10.5 Å². The molecule has 110 valence electrons. The van der Waals surface area contributed by atoms with Gasteiger partial charge < -0.3 is 5.21 Å². The molecule has 2 aromatic carbocycles. The topological polar surface area (TPSA) is 91.2 Å². The highest BCUT2D eigenvalue weighted by atomic mass is 35.5. The van der Waals surface area contributed by atoms with Crippen LogP contribution < -0.4 is 10.2 Å². The number of carbonyl (C=O) groups excluding carboxylic acids is 1. The van der Waals surface area contributed by atoms with Crippen LogP contribution in [0.4, 0.5) is 5.82 Å². The minimum Gasteiger partial charge on any atom is -0.427 e. The number of hydrogen-bond acceptors (Lipinski definition) is 4. The molecule has 6 nitrogen and oxygen atoms in total. The molecule has 0 atom stereocenters. The SMILES string of the molecule is Nc1c(-c2ccc(Cl)cc2)n(O)c2cc(C=O)ccc2[n+]1=O. The van der Waals surface area contributed by atoms with Crippen molar-refractivity contribution in [1.82, 2.24) is 4.73 Å². The number of halogens is 1. The molecule has 3 aromatic rings. The van der Waals surface area contributed by atoms with E-state index in [0.29, 0.717) is 26.9 Å². The van der Waals surface area contributed by atoms with Gasteiger partial charge in [0.05, 0.1) is 0 Å². The number of hydrogen-bond donors (Lipinski definition) is 2. The molecule has 0 bridgehead atoms. The van der Waals surface area contributed by atoms with Gasteiger partial charge >= 0.3 is 5.82 Å². The van der Waals surface area contributed by atoms with Crippen LogP contribution in [0.15, 0.2) is 42.5 Å². The van der Waals surface area contributed by atoms with E-state index in [1.165, 1.54) is 18.2 Å². The second kappa shape index (κ2) is 5.16. The van der Waals surface area contributed by atoms with Crippen LogP contribution in [-0.4, -0.2) is 16.2 Å². The van der Waals surface area contributed by atoms with Crippen LogP contribution in [0.1, 0.15) is 10.4 Å². The van der Waals surface area contributed by atoms with Crippen molar-refractivity contribution in [2.24, 2.45) is 0 Å². The second-order valence-corrected chi connectivity index (χ2v) is 5.15. The molecule has 22 heavy (non-hydrogen) atoms. The standard InChI is InChI=1S/C15H11ClN3O3/c16-11-4-2-10(3-5-11)14-15(17)19(22)12-6-1-9(8-20)7-13(12)18(14)21/h1-8,21H,17H2/q+1. The summed E-state index contributed by atoms with van der Waals surface area (Å²) < 4.78 is 1.32. The molecule has 7 heteroatoms. The van der Waals surface area contributed by atoms with Crippen LogP contribution in [0.2, 0.25) is 5.02 Å². The Morgan fingerprint density at radius 1 is 1.18 bits per heavy atom. The largest absolute Gasteiger partial charge is 0.427 e. The van der Waals surface area contributed by atoms with Crippen molar-refractivity contribution in [1.29, 1.82) is 0 Å². The molecule has 3 N–H and O–H groups in total. The third kappa shape index (κ3) is 2.10. The number of benzene rings is 2. The van der Waals surface area contributed by atoms with Crippen molar-refractivity contribution in [2.45, 2.75) is 0 Å². The highest BCUT2D eigenvalue weighted by molar-refractivity contribution is 6.30. The lowest BCUT2D eigenvalue weighted by Crippen LogP contribution is -2.25. The Bertz CT molecular complexity index is 949. The molecule has 3 rings (SSSR count). The quantitative estimate of drug-likeness (QED) is 0.432. The summed E-state index contributed by atoms with van der Waals surface area (Å²) in [6, 6.07) is 10.8. The number of aldehydes is 1. The molecule has 0 fully saturated rings. The maximum Gasteiger partial charge on any atom is 0.345 e. The van der Waals surface area contributed by atoms with Crippen LogP contribution in [0.3, 0.4) is 0 Å². The minimum absolute atomic E-state index is 0.127. The van der Waals surface area contributed by atoms with Gasteiger partial charge in [-0.1, -0.05) is 28.6 Å². The van der Waals surface area contributed by atoms with E-state index in [1.54, 1.807) is 24.3 Å². The van der Waals surface area contributed by atoms with Gasteiger partial charge in [0.15, 0.2) is 5.69 Å². The maximum absolute atomic E-state index is 12.3. The predicted molar refractivity (Wildman–Crippen MR) is 82.7 cm³/mol. The Morgan fingerprint density at radius 2 is 1.86 bits per heavy atom. The number of rotatable bonds is 2. The smallest absolute Gasteiger partial charge is 0.345 e. The van der Waals surface area contributed by atoms with Crippen molar-refractivity contribution >= 4 is 34.7 Å². The van der Waals surface area contributed by atoms with Crippen LogP contribution in [0.5, 0.6) is 0 Å². The number of fused-ring (bicyclic) bond motifs is 1. The highest BCUT2D eigenvalue weighted by Gasteiger charge is 2.22. The first kappa shape index (κ1) is 14.1. The van der Waals surface area contributed by atoms with Crippen LogP contribution in [0.25, 0.3) is 22.3 Å². The lowest BCUT2D eigenvalue weighted by molar-refractivity contribution is -0.447. The van der Waals surface area contributed by atoms with Crippen LogP contribution in [0, 0.1) is 4.91 Å². The zero-order valence-corrected chi connectivity index (χ0v) is 12.0. The summed E-state index contributed by atoms with van der Waals surface area (Å²) in [5, 5.41) is 11.0. The average molecular weight is 317 g/mol. The lowest BCUT2D eigenvalue weighted by Gasteiger charge is -2.09. The van der Waals surface area contributed by atoms with Crippen molar-refractivity contribution in [3.05, 3.63) is 58.0 Å². The lowest BCUT2D eigenvalue weighted by atomic mass is 10.1. The van der Waals surface area contributed by atoms with Gasteiger partial charge in [0.2, 0.25) is 5.52 Å². The van der Waals surface area contributed by atoms with Crippen LogP contribution >= 0.6 is 11.6 Å². The number of aromatic nitrogens is 2. The summed E-state index contributed by atoms with van der Waals surface area (Å²) in [7, 11) is 0. The molecular weight excluding hydrogens is 306 g/mol. The first-order valence-corrected chi connectivity index (χ1v) is 6.72. The molecule has 1 aromatic heterocycles. The van der Waals surface area contributed by atoms with Gasteiger partial charge in [-0.05, 0) is 30.3 Å². The van der Waals surface area contributed by atoms with E-state index in [1.807, 2.05) is 0 Å². The van der Waals surface area contributed by atoms with Gasteiger partial charge in [-0.25, -0.2) is 0 Å². The first-order valence-electron chi connectivity index (χ1n) is 6.34. The second-order valence-electron chi connectivity index (χ2n) is 4.71. The summed E-state index contributed by atoms with van der Waals surface area (Å²) in [6.45, 7) is 0. The zero-order chi connectivity index (χ0) is 15.9. The molecule has 0 saturated carbocycles. The Kier molecular flexibility index (Phi) is 3.30. The fourth-order valence-corrected chi connectivity index (χ4v) is 2.41. The number of nitrogens with zero attached hydrogens (tertiary/aromatic N) is 2. The van der Waals surface area contributed by atoms with Crippen molar-refractivity contribution in [2.75, 3.05) is 5.73 Å². The Labute approximate surface area is 129 Å². The predicted octanol–water partition coefficient (Wildman–Crippen LogP) is 2.51. The molecule has 0 radical (unpaired) electrons. The van der Waals surface area contributed by atoms with E-state index in [0.717, 1.165) is 4.73 Å². The van der Waals surface area contributed by atoms with Crippen molar-refractivity contribution < 1.29 is 14.4 Å². The Balaban J connectivity index is 2.42. The van der Waals surface area contributed by atoms with E-state index in [2.05, 4.69) is 0 Å². The number of nitrogen functional groups attached to an aromatic ring is 1. The molecule has 0 amide bonds. The molecule has 0 aliphatic rings. The molecule has 0 aliphatic heterocycles. The number of carbonyl (C=O) groups is 1. The fraction of sp³-hybridized carbons (Fsp3) is 0. The van der Waals surface area contributed by atoms with E-state index >= 15 is 0 Å². The minimum atomic E-state index is -0.156. The van der Waals surface area contributed by atoms with Gasteiger partial charge in [-0.15, -0.1) is 0 Å². The summed E-state index contributed by atoms with van der Waals surface area (Å²) in [5.41, 5.74) is 7.18. The monoisotopic (exact) mass is 316 g/mol. The molecule has 0 unspecified atom stereocenters. The van der Waals surface area contributed by atoms with Crippen molar-refractivity contribution in [3.8, 4) is 11.3 Å². The summed E-state index contributed by atoms with van der Waals surface area (Å²) in [4.78, 5) is 23.2. The number of anilines is 1. The van der Waals surface area contributed by atoms with Gasteiger partial charge in [-0.2, -0.15) is 4.73 Å². The van der Waals surface area contributed by atoms with Gasteiger partial charge in [0.1, 0.15) is 11.8 Å². The van der Waals surface area contributed by atoms with Gasteiger partial charge in [0, 0.05) is 20.6 Å². The molecule has 1 heterocycles. The normalized spacial score (nSPS) is 10.8. The van der Waals surface area contributed by atoms with E-state index in [4.69, 9.17) is 17.3 Å². The molecule has 0 spiro atoms.